The summed E-state index contributed by atoms with van der Waals surface area (Å²) >= 11 is 5.85. The summed E-state index contributed by atoms with van der Waals surface area (Å²) in [6.45, 7) is 0. The molecule has 0 radical (unpaired) electrons. The van der Waals surface area contributed by atoms with Gasteiger partial charge >= 0.3 is 5.97 Å². The SMILES string of the molecule is O=C(Cc1ccc(Cl)cc1)Oc1cccc(N2C(=O)[C@@H]3CCCC[C@H]3C2=O)c1. The molecular formula is C22H20ClNO4. The molecule has 0 spiro atoms. The van der Waals surface area contributed by atoms with Crippen molar-refractivity contribution in [3.8, 4) is 5.75 Å². The van der Waals surface area contributed by atoms with E-state index in [1.165, 1.54) is 4.90 Å². The van der Waals surface area contributed by atoms with Gasteiger partial charge < -0.3 is 4.74 Å². The Morgan fingerprint density at radius 3 is 2.29 bits per heavy atom. The van der Waals surface area contributed by atoms with Crippen LogP contribution < -0.4 is 9.64 Å². The molecular weight excluding hydrogens is 378 g/mol. The fourth-order valence-electron chi connectivity index (χ4n) is 4.04. The van der Waals surface area contributed by atoms with Gasteiger partial charge in [-0.3, -0.25) is 14.4 Å². The molecule has 1 aliphatic heterocycles. The molecule has 2 amide bonds. The van der Waals surface area contributed by atoms with Crippen molar-refractivity contribution in [1.82, 2.24) is 0 Å². The van der Waals surface area contributed by atoms with Crippen molar-refractivity contribution >= 4 is 35.1 Å². The number of imide groups is 1. The molecule has 4 rings (SSSR count). The molecule has 0 N–H and O–H groups in total. The van der Waals surface area contributed by atoms with Crippen LogP contribution >= 0.6 is 11.6 Å². The Morgan fingerprint density at radius 1 is 1.00 bits per heavy atom. The molecule has 5 nitrogen and oxygen atoms in total. The Bertz CT molecular complexity index is 900. The molecule has 2 aromatic carbocycles. The molecule has 0 unspecified atom stereocenters. The Hall–Kier alpha value is -2.66. The number of carbonyl (C=O) groups excluding carboxylic acids is 3. The van der Waals surface area contributed by atoms with E-state index in [1.807, 2.05) is 0 Å². The van der Waals surface area contributed by atoms with Gasteiger partial charge in [0.25, 0.3) is 0 Å². The van der Waals surface area contributed by atoms with Crippen molar-refractivity contribution in [3.05, 3.63) is 59.1 Å². The van der Waals surface area contributed by atoms with E-state index in [0.29, 0.717) is 16.5 Å². The quantitative estimate of drug-likeness (QED) is 0.441. The molecule has 0 bridgehead atoms. The van der Waals surface area contributed by atoms with Gasteiger partial charge in [0.2, 0.25) is 11.8 Å². The molecule has 144 valence electrons. The fraction of sp³-hybridized carbons (Fsp3) is 0.318. The number of hydrogen-bond donors (Lipinski definition) is 0. The van der Waals surface area contributed by atoms with Crippen LogP contribution in [0, 0.1) is 11.8 Å². The van der Waals surface area contributed by atoms with Gasteiger partial charge in [0.15, 0.2) is 0 Å². The molecule has 2 fully saturated rings. The van der Waals surface area contributed by atoms with Gasteiger partial charge in [0, 0.05) is 11.1 Å². The zero-order valence-electron chi connectivity index (χ0n) is 15.3. The first kappa shape index (κ1) is 18.7. The summed E-state index contributed by atoms with van der Waals surface area (Å²) in [7, 11) is 0. The maximum absolute atomic E-state index is 12.7. The van der Waals surface area contributed by atoms with Crippen molar-refractivity contribution in [2.24, 2.45) is 11.8 Å². The van der Waals surface area contributed by atoms with E-state index >= 15 is 0 Å². The molecule has 2 aromatic rings. The second kappa shape index (κ2) is 7.76. The topological polar surface area (TPSA) is 63.7 Å². The van der Waals surface area contributed by atoms with Gasteiger partial charge in [0.05, 0.1) is 23.9 Å². The first-order valence-electron chi connectivity index (χ1n) is 9.46. The molecule has 1 heterocycles. The summed E-state index contributed by atoms with van der Waals surface area (Å²) < 4.78 is 5.42. The third-order valence-electron chi connectivity index (χ3n) is 5.41. The first-order valence-corrected chi connectivity index (χ1v) is 9.84. The van der Waals surface area contributed by atoms with E-state index < -0.39 is 5.97 Å². The highest BCUT2D eigenvalue weighted by Crippen LogP contribution is 2.40. The minimum atomic E-state index is -0.424. The van der Waals surface area contributed by atoms with Crippen molar-refractivity contribution in [2.75, 3.05) is 4.90 Å². The molecule has 28 heavy (non-hydrogen) atoms. The average Bonchev–Trinajstić information content (AvgIpc) is 2.95. The second-order valence-electron chi connectivity index (χ2n) is 7.28. The van der Waals surface area contributed by atoms with Crippen LogP contribution in [0.25, 0.3) is 0 Å². The number of hydrogen-bond acceptors (Lipinski definition) is 4. The number of ether oxygens (including phenoxy) is 1. The van der Waals surface area contributed by atoms with Crippen LogP contribution in [0.3, 0.4) is 0 Å². The van der Waals surface area contributed by atoms with E-state index in [2.05, 4.69) is 0 Å². The van der Waals surface area contributed by atoms with Crippen molar-refractivity contribution in [3.63, 3.8) is 0 Å². The molecule has 2 atom stereocenters. The number of amides is 2. The number of halogens is 1. The van der Waals surface area contributed by atoms with Crippen LogP contribution in [-0.4, -0.2) is 17.8 Å². The number of carbonyl (C=O) groups is 3. The Kier molecular flexibility index (Phi) is 5.18. The Morgan fingerprint density at radius 2 is 1.64 bits per heavy atom. The standard InChI is InChI=1S/C22H20ClNO4/c23-15-10-8-14(9-11-15)12-20(25)28-17-5-3-4-16(13-17)24-21(26)18-6-1-2-7-19(18)22(24)27/h3-5,8-11,13,18-19H,1-2,6-7,12H2/t18-,19-/m1/s1. The maximum Gasteiger partial charge on any atom is 0.315 e. The smallest absolute Gasteiger partial charge is 0.315 e. The highest BCUT2D eigenvalue weighted by Gasteiger charge is 2.48. The normalized spacial score (nSPS) is 21.5. The van der Waals surface area contributed by atoms with Gasteiger partial charge in [-0.05, 0) is 42.7 Å². The summed E-state index contributed by atoms with van der Waals surface area (Å²) in [4.78, 5) is 39.0. The van der Waals surface area contributed by atoms with E-state index in [0.717, 1.165) is 31.2 Å². The molecule has 0 aromatic heterocycles. The second-order valence-corrected chi connectivity index (χ2v) is 7.72. The van der Waals surface area contributed by atoms with Gasteiger partial charge in [-0.1, -0.05) is 42.6 Å². The van der Waals surface area contributed by atoms with E-state index in [-0.39, 0.29) is 30.1 Å². The number of esters is 1. The average molecular weight is 398 g/mol. The summed E-state index contributed by atoms with van der Waals surface area (Å²) in [6.07, 6.45) is 3.60. The van der Waals surface area contributed by atoms with Crippen molar-refractivity contribution in [1.29, 1.82) is 0 Å². The van der Waals surface area contributed by atoms with Gasteiger partial charge in [-0.25, -0.2) is 4.90 Å². The summed E-state index contributed by atoms with van der Waals surface area (Å²) in [5.41, 5.74) is 1.25. The number of anilines is 1. The number of rotatable bonds is 4. The summed E-state index contributed by atoms with van der Waals surface area (Å²) in [5.74, 6) is -0.812. The lowest BCUT2D eigenvalue weighted by molar-refractivity contribution is -0.133. The third kappa shape index (κ3) is 3.67. The monoisotopic (exact) mass is 397 g/mol. The molecule has 2 aliphatic rings. The summed E-state index contributed by atoms with van der Waals surface area (Å²) in [5, 5.41) is 0.602. The molecule has 6 heteroatoms. The van der Waals surface area contributed by atoms with Crippen LogP contribution in [0.4, 0.5) is 5.69 Å². The van der Waals surface area contributed by atoms with Crippen LogP contribution in [0.2, 0.25) is 5.02 Å². The Balaban J connectivity index is 1.48. The number of fused-ring (bicyclic) bond motifs is 1. The van der Waals surface area contributed by atoms with Crippen LogP contribution in [0.5, 0.6) is 5.75 Å². The van der Waals surface area contributed by atoms with Gasteiger partial charge in [-0.2, -0.15) is 0 Å². The van der Waals surface area contributed by atoms with Crippen LogP contribution in [0.1, 0.15) is 31.2 Å². The van der Waals surface area contributed by atoms with Crippen LogP contribution in [-0.2, 0) is 20.8 Å². The Labute approximate surface area is 168 Å². The van der Waals surface area contributed by atoms with E-state index in [9.17, 15) is 14.4 Å². The molecule has 1 aliphatic carbocycles. The lowest BCUT2D eigenvalue weighted by Gasteiger charge is -2.19. The first-order chi connectivity index (χ1) is 13.5. The third-order valence-corrected chi connectivity index (χ3v) is 5.66. The van der Waals surface area contributed by atoms with E-state index in [1.54, 1.807) is 48.5 Å². The largest absolute Gasteiger partial charge is 0.426 e. The minimum Gasteiger partial charge on any atom is -0.426 e. The number of benzene rings is 2. The zero-order valence-corrected chi connectivity index (χ0v) is 16.0. The van der Waals surface area contributed by atoms with Gasteiger partial charge in [-0.15, -0.1) is 0 Å². The highest BCUT2D eigenvalue weighted by molar-refractivity contribution is 6.30. The molecule has 1 saturated heterocycles. The maximum atomic E-state index is 12.7. The summed E-state index contributed by atoms with van der Waals surface area (Å²) in [6, 6.07) is 13.6. The highest BCUT2D eigenvalue weighted by atomic mass is 35.5. The van der Waals surface area contributed by atoms with Crippen LogP contribution in [0.15, 0.2) is 48.5 Å². The van der Waals surface area contributed by atoms with Crippen molar-refractivity contribution in [2.45, 2.75) is 32.1 Å². The van der Waals surface area contributed by atoms with Gasteiger partial charge in [0.1, 0.15) is 5.75 Å². The lowest BCUT2D eigenvalue weighted by atomic mass is 9.81. The van der Waals surface area contributed by atoms with E-state index in [4.69, 9.17) is 16.3 Å². The lowest BCUT2D eigenvalue weighted by Crippen LogP contribution is -2.30. The van der Waals surface area contributed by atoms with Crippen molar-refractivity contribution < 1.29 is 19.1 Å². The minimum absolute atomic E-state index is 0.104. The predicted molar refractivity (Wildman–Crippen MR) is 105 cm³/mol. The zero-order chi connectivity index (χ0) is 19.7. The molecule has 1 saturated carbocycles. The fourth-order valence-corrected chi connectivity index (χ4v) is 4.17. The number of nitrogens with zero attached hydrogens (tertiary/aromatic N) is 1. The predicted octanol–water partition coefficient (Wildman–Crippen LogP) is 4.17.